The summed E-state index contributed by atoms with van der Waals surface area (Å²) in [5.41, 5.74) is 1.21. The fourth-order valence-electron chi connectivity index (χ4n) is 1.90. The second kappa shape index (κ2) is 7.05. The maximum atomic E-state index is 5.69. The Morgan fingerprint density at radius 3 is 2.95 bits per heavy atom. The van der Waals surface area contributed by atoms with E-state index in [1.807, 2.05) is 18.2 Å². The smallest absolute Gasteiger partial charge is 0.223 e. The molecular formula is C15H21N3O2. The highest BCUT2D eigenvalue weighted by atomic mass is 16.5. The molecule has 0 bridgehead atoms. The summed E-state index contributed by atoms with van der Waals surface area (Å²) in [6.45, 7) is 7.40. The Kier molecular flexibility index (Phi) is 5.12. The average molecular weight is 275 g/mol. The first-order chi connectivity index (χ1) is 9.69. The lowest BCUT2D eigenvalue weighted by Gasteiger charge is -2.14. The van der Waals surface area contributed by atoms with Gasteiger partial charge < -0.3 is 14.6 Å². The molecule has 0 saturated carbocycles. The van der Waals surface area contributed by atoms with Crippen molar-refractivity contribution in [2.24, 2.45) is 0 Å². The topological polar surface area (TPSA) is 60.2 Å². The predicted octanol–water partition coefficient (Wildman–Crippen LogP) is 3.02. The number of ether oxygens (including phenoxy) is 1. The van der Waals surface area contributed by atoms with Crippen molar-refractivity contribution >= 4 is 0 Å². The van der Waals surface area contributed by atoms with Gasteiger partial charge in [0, 0.05) is 13.0 Å². The predicted molar refractivity (Wildman–Crippen MR) is 76.5 cm³/mol. The summed E-state index contributed by atoms with van der Waals surface area (Å²) in [6.07, 6.45) is 1.12. The molecule has 0 aliphatic heterocycles. The molecular weight excluding hydrogens is 254 g/mol. The van der Waals surface area contributed by atoms with E-state index < -0.39 is 0 Å². The highest BCUT2D eigenvalue weighted by molar-refractivity contribution is 5.30. The second-order valence-corrected chi connectivity index (χ2v) is 4.77. The molecule has 0 saturated heterocycles. The summed E-state index contributed by atoms with van der Waals surface area (Å²) in [4.78, 5) is 4.11. The minimum absolute atomic E-state index is 0.311. The molecule has 108 valence electrons. The normalized spacial score (nSPS) is 12.3. The van der Waals surface area contributed by atoms with Gasteiger partial charge in [-0.05, 0) is 37.6 Å². The van der Waals surface area contributed by atoms with Gasteiger partial charge in [-0.3, -0.25) is 0 Å². The Morgan fingerprint density at radius 1 is 1.40 bits per heavy atom. The number of aromatic nitrogens is 2. The maximum Gasteiger partial charge on any atom is 0.223 e. The van der Waals surface area contributed by atoms with Crippen molar-refractivity contribution in [3.8, 4) is 5.75 Å². The first-order valence-corrected chi connectivity index (χ1v) is 6.94. The monoisotopic (exact) mass is 275 g/mol. The molecule has 1 heterocycles. The molecule has 0 aliphatic rings. The Balaban J connectivity index is 1.95. The molecule has 1 N–H and O–H groups in total. The Morgan fingerprint density at radius 2 is 2.25 bits per heavy atom. The van der Waals surface area contributed by atoms with E-state index in [0.717, 1.165) is 18.7 Å². The number of nitrogens with zero attached hydrogens (tertiary/aromatic N) is 2. The summed E-state index contributed by atoms with van der Waals surface area (Å²) in [7, 11) is 0. The van der Waals surface area contributed by atoms with Crippen LogP contribution in [0.2, 0.25) is 0 Å². The van der Waals surface area contributed by atoms with E-state index in [1.165, 1.54) is 5.56 Å². The van der Waals surface area contributed by atoms with Gasteiger partial charge in [0.25, 0.3) is 0 Å². The lowest BCUT2D eigenvalue weighted by atomic mass is 10.1. The zero-order chi connectivity index (χ0) is 14.4. The highest BCUT2D eigenvalue weighted by Crippen LogP contribution is 2.19. The highest BCUT2D eigenvalue weighted by Gasteiger charge is 2.07. The van der Waals surface area contributed by atoms with Crippen LogP contribution in [0.4, 0.5) is 0 Å². The molecule has 0 aliphatic carbocycles. The molecule has 1 aromatic heterocycles. The Labute approximate surface area is 119 Å². The summed E-state index contributed by atoms with van der Waals surface area (Å²) in [6, 6.07) is 8.38. The third-order valence-electron chi connectivity index (χ3n) is 3.00. The third kappa shape index (κ3) is 4.06. The number of aryl methyl sites for hydroxylation is 1. The standard InChI is InChI=1S/C15H21N3O2/c1-4-8-16-11(2)13-6-5-7-14(9-13)19-10-15-17-12(3)20-18-15/h5-7,9,11,16H,4,8,10H2,1-3H3. The Hall–Kier alpha value is -1.88. The van der Waals surface area contributed by atoms with Gasteiger partial charge >= 0.3 is 0 Å². The average Bonchev–Trinajstić information content (AvgIpc) is 2.88. The van der Waals surface area contributed by atoms with E-state index in [-0.39, 0.29) is 0 Å². The molecule has 1 aromatic carbocycles. The quantitative estimate of drug-likeness (QED) is 0.841. The van der Waals surface area contributed by atoms with Gasteiger partial charge in [-0.1, -0.05) is 24.2 Å². The lowest BCUT2D eigenvalue weighted by molar-refractivity contribution is 0.285. The van der Waals surface area contributed by atoms with Crippen molar-refractivity contribution in [1.29, 1.82) is 0 Å². The number of rotatable bonds is 7. The number of hydrogen-bond acceptors (Lipinski definition) is 5. The number of hydrogen-bond donors (Lipinski definition) is 1. The van der Waals surface area contributed by atoms with Crippen molar-refractivity contribution in [3.63, 3.8) is 0 Å². The second-order valence-electron chi connectivity index (χ2n) is 4.77. The van der Waals surface area contributed by atoms with Crippen LogP contribution in [0.3, 0.4) is 0 Å². The van der Waals surface area contributed by atoms with Crippen molar-refractivity contribution < 1.29 is 9.26 Å². The molecule has 2 rings (SSSR count). The fourth-order valence-corrected chi connectivity index (χ4v) is 1.90. The van der Waals surface area contributed by atoms with Crippen LogP contribution in [0.25, 0.3) is 0 Å². The van der Waals surface area contributed by atoms with Crippen LogP contribution >= 0.6 is 0 Å². The van der Waals surface area contributed by atoms with Crippen LogP contribution in [0, 0.1) is 6.92 Å². The fraction of sp³-hybridized carbons (Fsp3) is 0.467. The van der Waals surface area contributed by atoms with E-state index in [0.29, 0.717) is 24.4 Å². The van der Waals surface area contributed by atoms with Crippen molar-refractivity contribution in [2.75, 3.05) is 6.54 Å². The molecule has 1 atom stereocenters. The van der Waals surface area contributed by atoms with Crippen LogP contribution in [-0.2, 0) is 6.61 Å². The summed E-state index contributed by atoms with van der Waals surface area (Å²) in [5.74, 6) is 1.93. The van der Waals surface area contributed by atoms with Crippen molar-refractivity contribution in [3.05, 3.63) is 41.5 Å². The van der Waals surface area contributed by atoms with Crippen molar-refractivity contribution in [2.45, 2.75) is 39.8 Å². The van der Waals surface area contributed by atoms with E-state index in [1.54, 1.807) is 6.92 Å². The molecule has 20 heavy (non-hydrogen) atoms. The van der Waals surface area contributed by atoms with E-state index in [2.05, 4.69) is 35.4 Å². The first-order valence-electron chi connectivity index (χ1n) is 6.94. The van der Waals surface area contributed by atoms with Crippen molar-refractivity contribution in [1.82, 2.24) is 15.5 Å². The van der Waals surface area contributed by atoms with Gasteiger partial charge in [-0.2, -0.15) is 4.98 Å². The zero-order valence-electron chi connectivity index (χ0n) is 12.2. The molecule has 5 heteroatoms. The van der Waals surface area contributed by atoms with Gasteiger partial charge in [-0.15, -0.1) is 0 Å². The molecule has 1 unspecified atom stereocenters. The molecule has 0 spiro atoms. The van der Waals surface area contributed by atoms with Gasteiger partial charge in [0.2, 0.25) is 11.7 Å². The van der Waals surface area contributed by atoms with Gasteiger partial charge in [0.1, 0.15) is 5.75 Å². The van der Waals surface area contributed by atoms with Crippen LogP contribution in [0.15, 0.2) is 28.8 Å². The van der Waals surface area contributed by atoms with E-state index in [9.17, 15) is 0 Å². The molecule has 5 nitrogen and oxygen atoms in total. The number of nitrogens with one attached hydrogen (secondary N) is 1. The van der Waals surface area contributed by atoms with E-state index in [4.69, 9.17) is 9.26 Å². The minimum atomic E-state index is 0.311. The third-order valence-corrected chi connectivity index (χ3v) is 3.00. The molecule has 2 aromatic rings. The molecule has 0 amide bonds. The van der Waals surface area contributed by atoms with Gasteiger partial charge in [0.15, 0.2) is 6.61 Å². The summed E-state index contributed by atoms with van der Waals surface area (Å²) >= 11 is 0. The lowest BCUT2D eigenvalue weighted by Crippen LogP contribution is -2.19. The van der Waals surface area contributed by atoms with Crippen LogP contribution in [-0.4, -0.2) is 16.7 Å². The van der Waals surface area contributed by atoms with Gasteiger partial charge in [0.05, 0.1) is 0 Å². The van der Waals surface area contributed by atoms with E-state index >= 15 is 0 Å². The van der Waals surface area contributed by atoms with Gasteiger partial charge in [-0.25, -0.2) is 0 Å². The number of benzene rings is 1. The Bertz CT molecular complexity index is 539. The summed E-state index contributed by atoms with van der Waals surface area (Å²) < 4.78 is 10.6. The molecule has 0 radical (unpaired) electrons. The zero-order valence-corrected chi connectivity index (χ0v) is 12.2. The SMILES string of the molecule is CCCNC(C)c1cccc(OCc2noc(C)n2)c1. The minimum Gasteiger partial charge on any atom is -0.485 e. The molecule has 0 fully saturated rings. The maximum absolute atomic E-state index is 5.69. The van der Waals surface area contributed by atoms with Crippen LogP contribution in [0.1, 0.15) is 43.6 Å². The van der Waals surface area contributed by atoms with Crippen LogP contribution < -0.4 is 10.1 Å². The summed E-state index contributed by atoms with van der Waals surface area (Å²) in [5, 5.41) is 7.26. The first kappa shape index (κ1) is 14.5. The van der Waals surface area contributed by atoms with Crippen LogP contribution in [0.5, 0.6) is 5.75 Å². The largest absolute Gasteiger partial charge is 0.485 e.